The molecule has 1 amide bonds. The minimum Gasteiger partial charge on any atom is -0.311 e. The number of aromatic nitrogens is 3. The van der Waals surface area contributed by atoms with Gasteiger partial charge in [-0.25, -0.2) is 13.1 Å². The molecule has 2 aliphatic rings. The molecule has 2 aromatic rings. The van der Waals surface area contributed by atoms with Gasteiger partial charge in [0.1, 0.15) is 5.82 Å². The molecule has 0 saturated carbocycles. The van der Waals surface area contributed by atoms with E-state index in [0.717, 1.165) is 16.8 Å². The molecule has 1 saturated heterocycles. The van der Waals surface area contributed by atoms with Gasteiger partial charge in [-0.2, -0.15) is 5.10 Å². The zero-order valence-corrected chi connectivity index (χ0v) is 14.1. The molecular formula is C16H18N4O3S. The Morgan fingerprint density at radius 2 is 2.21 bits per heavy atom. The number of hydrogen-bond acceptors (Lipinski definition) is 5. The minimum atomic E-state index is -3.02. The van der Waals surface area contributed by atoms with Gasteiger partial charge in [-0.3, -0.25) is 9.78 Å². The van der Waals surface area contributed by atoms with Crippen molar-refractivity contribution < 1.29 is 13.2 Å². The van der Waals surface area contributed by atoms with Crippen molar-refractivity contribution in [1.29, 1.82) is 0 Å². The van der Waals surface area contributed by atoms with E-state index >= 15 is 0 Å². The first-order valence-electron chi connectivity index (χ1n) is 7.94. The Morgan fingerprint density at radius 3 is 2.88 bits per heavy atom. The van der Waals surface area contributed by atoms with E-state index in [1.54, 1.807) is 17.1 Å². The molecule has 0 aliphatic carbocycles. The zero-order chi connectivity index (χ0) is 16.9. The van der Waals surface area contributed by atoms with Crippen molar-refractivity contribution in [3.8, 4) is 0 Å². The van der Waals surface area contributed by atoms with Crippen LogP contribution in [0.3, 0.4) is 0 Å². The number of rotatable bonds is 2. The predicted octanol–water partition coefficient (Wildman–Crippen LogP) is 1.42. The van der Waals surface area contributed by atoms with Crippen LogP contribution in [0.5, 0.6) is 0 Å². The lowest BCUT2D eigenvalue weighted by Gasteiger charge is -2.25. The molecule has 2 atom stereocenters. The Balaban J connectivity index is 1.81. The fourth-order valence-electron chi connectivity index (χ4n) is 3.67. The van der Waals surface area contributed by atoms with E-state index in [4.69, 9.17) is 0 Å². The molecule has 0 bridgehead atoms. The predicted molar refractivity (Wildman–Crippen MR) is 88.6 cm³/mol. The highest BCUT2D eigenvalue weighted by Gasteiger charge is 2.37. The van der Waals surface area contributed by atoms with Crippen LogP contribution >= 0.6 is 0 Å². The number of pyridine rings is 1. The first-order chi connectivity index (χ1) is 11.4. The van der Waals surface area contributed by atoms with Crippen LogP contribution in [0.25, 0.3) is 0 Å². The van der Waals surface area contributed by atoms with Gasteiger partial charge in [0.25, 0.3) is 0 Å². The molecule has 8 heteroatoms. The van der Waals surface area contributed by atoms with Crippen molar-refractivity contribution in [2.24, 2.45) is 0 Å². The van der Waals surface area contributed by atoms with Crippen molar-refractivity contribution >= 4 is 21.6 Å². The third-order valence-corrected chi connectivity index (χ3v) is 6.52. The number of carbonyl (C=O) groups is 1. The quantitative estimate of drug-likeness (QED) is 0.887. The standard InChI is InChI=1S/C16H18N4O3S/c1-10-15-13(11-3-2-5-17-8-11)7-14(21)18-16(15)20(19-10)12-4-6-24(22,23)9-12/h2-3,5,8,12-13H,4,6-7,9H2,1H3,(H,18,21)/t12-,13-/m0/s1. The van der Waals surface area contributed by atoms with Gasteiger partial charge in [-0.15, -0.1) is 0 Å². The van der Waals surface area contributed by atoms with Crippen molar-refractivity contribution in [3.63, 3.8) is 0 Å². The topological polar surface area (TPSA) is 93.9 Å². The number of carbonyl (C=O) groups excluding carboxylic acids is 1. The van der Waals surface area contributed by atoms with Crippen LogP contribution < -0.4 is 5.32 Å². The lowest BCUT2D eigenvalue weighted by atomic mass is 9.86. The molecule has 1 fully saturated rings. The molecule has 7 nitrogen and oxygen atoms in total. The van der Waals surface area contributed by atoms with E-state index in [1.165, 1.54) is 0 Å². The summed E-state index contributed by atoms with van der Waals surface area (Å²) < 4.78 is 25.3. The molecule has 126 valence electrons. The number of amides is 1. The molecule has 24 heavy (non-hydrogen) atoms. The second-order valence-electron chi connectivity index (χ2n) is 6.44. The summed E-state index contributed by atoms with van der Waals surface area (Å²) in [5.41, 5.74) is 2.75. The van der Waals surface area contributed by atoms with Crippen molar-refractivity contribution in [2.45, 2.75) is 31.7 Å². The average molecular weight is 346 g/mol. The van der Waals surface area contributed by atoms with Gasteiger partial charge in [-0.1, -0.05) is 6.07 Å². The first-order valence-corrected chi connectivity index (χ1v) is 9.76. The molecule has 0 spiro atoms. The Kier molecular flexibility index (Phi) is 3.45. The Morgan fingerprint density at radius 1 is 1.38 bits per heavy atom. The second kappa shape index (κ2) is 5.41. The summed E-state index contributed by atoms with van der Waals surface area (Å²) in [5.74, 6) is 0.700. The van der Waals surface area contributed by atoms with Crippen LogP contribution in [0.2, 0.25) is 0 Å². The SMILES string of the molecule is Cc1nn([C@H]2CCS(=O)(=O)C2)c2c1[C@H](c1cccnc1)CC(=O)N2. The third-order valence-electron chi connectivity index (χ3n) is 4.77. The van der Waals surface area contributed by atoms with Crippen LogP contribution in [0.1, 0.15) is 41.6 Å². The number of sulfone groups is 1. The number of fused-ring (bicyclic) bond motifs is 1. The molecular weight excluding hydrogens is 328 g/mol. The summed E-state index contributed by atoms with van der Waals surface area (Å²) in [4.78, 5) is 16.4. The van der Waals surface area contributed by atoms with E-state index in [2.05, 4.69) is 15.4 Å². The fourth-order valence-corrected chi connectivity index (χ4v) is 5.36. The van der Waals surface area contributed by atoms with E-state index in [9.17, 15) is 13.2 Å². The Bertz CT molecular complexity index is 905. The molecule has 2 aliphatic heterocycles. The smallest absolute Gasteiger partial charge is 0.226 e. The summed E-state index contributed by atoms with van der Waals surface area (Å²) >= 11 is 0. The zero-order valence-electron chi connectivity index (χ0n) is 13.3. The number of anilines is 1. The second-order valence-corrected chi connectivity index (χ2v) is 8.67. The van der Waals surface area contributed by atoms with Crippen LogP contribution in [0.15, 0.2) is 24.5 Å². The van der Waals surface area contributed by atoms with Gasteiger partial charge < -0.3 is 5.32 Å². The lowest BCUT2D eigenvalue weighted by molar-refractivity contribution is -0.116. The molecule has 1 N–H and O–H groups in total. The summed E-state index contributed by atoms with van der Waals surface area (Å²) in [7, 11) is -3.02. The van der Waals surface area contributed by atoms with Crippen LogP contribution in [-0.2, 0) is 14.6 Å². The maximum absolute atomic E-state index is 12.2. The average Bonchev–Trinajstić information content (AvgIpc) is 3.07. The molecule has 2 aromatic heterocycles. The first kappa shape index (κ1) is 15.3. The largest absolute Gasteiger partial charge is 0.311 e. The lowest BCUT2D eigenvalue weighted by Crippen LogP contribution is -2.26. The van der Waals surface area contributed by atoms with Gasteiger partial charge in [-0.05, 0) is 25.0 Å². The van der Waals surface area contributed by atoms with Gasteiger partial charge in [0.15, 0.2) is 9.84 Å². The summed E-state index contributed by atoms with van der Waals surface area (Å²) in [6.07, 6.45) is 4.34. The molecule has 4 rings (SSSR count). The normalized spacial score (nSPS) is 25.3. The van der Waals surface area contributed by atoms with Gasteiger partial charge in [0.05, 0.1) is 23.2 Å². The van der Waals surface area contributed by atoms with Crippen molar-refractivity contribution in [1.82, 2.24) is 14.8 Å². The van der Waals surface area contributed by atoms with E-state index in [1.807, 2.05) is 19.1 Å². The van der Waals surface area contributed by atoms with Gasteiger partial charge >= 0.3 is 0 Å². The third kappa shape index (κ3) is 2.50. The highest BCUT2D eigenvalue weighted by atomic mass is 32.2. The number of aryl methyl sites for hydroxylation is 1. The monoisotopic (exact) mass is 346 g/mol. The summed E-state index contributed by atoms with van der Waals surface area (Å²) in [6.45, 7) is 1.90. The van der Waals surface area contributed by atoms with Gasteiger partial charge in [0, 0.05) is 30.3 Å². The van der Waals surface area contributed by atoms with Crippen molar-refractivity contribution in [2.75, 3.05) is 16.8 Å². The summed E-state index contributed by atoms with van der Waals surface area (Å²) in [5, 5.41) is 7.47. The van der Waals surface area contributed by atoms with Crippen molar-refractivity contribution in [3.05, 3.63) is 41.3 Å². The Hall–Kier alpha value is -2.22. The molecule has 0 aromatic carbocycles. The maximum Gasteiger partial charge on any atom is 0.226 e. The van der Waals surface area contributed by atoms with Crippen LogP contribution in [0, 0.1) is 6.92 Å². The van der Waals surface area contributed by atoms with E-state index in [-0.39, 0.29) is 29.4 Å². The number of nitrogens with zero attached hydrogens (tertiary/aromatic N) is 3. The molecule has 0 unspecified atom stereocenters. The van der Waals surface area contributed by atoms with E-state index in [0.29, 0.717) is 18.7 Å². The summed E-state index contributed by atoms with van der Waals surface area (Å²) in [6, 6.07) is 3.59. The molecule has 4 heterocycles. The maximum atomic E-state index is 12.2. The fraction of sp³-hybridized carbons (Fsp3) is 0.438. The van der Waals surface area contributed by atoms with E-state index < -0.39 is 9.84 Å². The Labute approximate surface area is 140 Å². The van der Waals surface area contributed by atoms with Crippen LogP contribution in [-0.4, -0.2) is 40.6 Å². The highest BCUT2D eigenvalue weighted by molar-refractivity contribution is 7.91. The van der Waals surface area contributed by atoms with Crippen LogP contribution in [0.4, 0.5) is 5.82 Å². The minimum absolute atomic E-state index is 0.0774. The van der Waals surface area contributed by atoms with Gasteiger partial charge in [0.2, 0.25) is 5.91 Å². The number of nitrogens with one attached hydrogen (secondary N) is 1. The number of hydrogen-bond donors (Lipinski definition) is 1. The molecule has 0 radical (unpaired) electrons. The highest BCUT2D eigenvalue weighted by Crippen LogP contribution is 2.41.